The highest BCUT2D eigenvalue weighted by molar-refractivity contribution is 7.89. The molecule has 2 N–H and O–H groups in total. The number of amides is 2. The number of sulfonamides is 1. The molecular formula is C22H30N4O6S. The molecule has 0 bridgehead atoms. The fraction of sp³-hybridized carbons (Fsp3) is 0.500. The molecule has 0 unspecified atom stereocenters. The van der Waals surface area contributed by atoms with E-state index in [1.165, 1.54) is 37.3 Å². The number of ether oxygens (including phenoxy) is 1. The Hall–Kier alpha value is -2.92. The number of hydrogen-bond donors (Lipinski definition) is 2. The normalized spacial score (nSPS) is 18.5. The number of aromatic nitrogens is 1. The molecule has 1 heterocycles. The smallest absolute Gasteiger partial charge is 0.254 e. The molecule has 1 aliphatic rings. The van der Waals surface area contributed by atoms with Crippen LogP contribution >= 0.6 is 0 Å². The van der Waals surface area contributed by atoms with Crippen LogP contribution in [0.5, 0.6) is 5.75 Å². The van der Waals surface area contributed by atoms with Crippen LogP contribution in [0.15, 0.2) is 33.7 Å². The highest BCUT2D eigenvalue weighted by atomic mass is 32.2. The fourth-order valence-corrected chi connectivity index (χ4v) is 5.46. The standard InChI is InChI=1S/C22H30N4O6S/c1-14-7-5-6-8-17(14)25-33(29,30)19-12-16(9-10-18(19)31-4)22(28)26(3)13-21(27)23-20-11-15(2)32-24-20/h9-12,14,17,25H,5-8,13H2,1-4H3,(H,23,24,27)/t14-,17+/m1/s1. The zero-order chi connectivity index (χ0) is 24.2. The van der Waals surface area contributed by atoms with E-state index in [1.807, 2.05) is 6.92 Å². The Morgan fingerprint density at radius 2 is 1.97 bits per heavy atom. The van der Waals surface area contributed by atoms with Crippen LogP contribution < -0.4 is 14.8 Å². The minimum Gasteiger partial charge on any atom is -0.495 e. The lowest BCUT2D eigenvalue weighted by atomic mass is 9.87. The Morgan fingerprint density at radius 1 is 1.24 bits per heavy atom. The molecule has 0 spiro atoms. The van der Waals surface area contributed by atoms with E-state index in [0.29, 0.717) is 5.76 Å². The van der Waals surface area contributed by atoms with Gasteiger partial charge in [-0.3, -0.25) is 9.59 Å². The monoisotopic (exact) mass is 478 g/mol. The van der Waals surface area contributed by atoms with Crippen molar-refractivity contribution in [3.8, 4) is 5.75 Å². The van der Waals surface area contributed by atoms with Crippen LogP contribution in [0.1, 0.15) is 48.7 Å². The Bertz CT molecular complexity index is 1110. The molecule has 0 saturated heterocycles. The topological polar surface area (TPSA) is 131 Å². The first kappa shape index (κ1) is 24.7. The maximum absolute atomic E-state index is 13.2. The molecule has 10 nitrogen and oxygen atoms in total. The molecule has 1 aromatic heterocycles. The number of rotatable bonds is 8. The number of carbonyl (C=O) groups excluding carboxylic acids is 2. The molecule has 3 rings (SSSR count). The first-order chi connectivity index (χ1) is 15.6. The van der Waals surface area contributed by atoms with Crippen molar-refractivity contribution in [2.45, 2.75) is 50.5 Å². The maximum atomic E-state index is 13.2. The van der Waals surface area contributed by atoms with Crippen molar-refractivity contribution < 1.29 is 27.3 Å². The molecular weight excluding hydrogens is 448 g/mol. The molecule has 2 atom stereocenters. The number of benzene rings is 1. The van der Waals surface area contributed by atoms with Gasteiger partial charge in [-0.15, -0.1) is 0 Å². The lowest BCUT2D eigenvalue weighted by molar-refractivity contribution is -0.116. The fourth-order valence-electron chi connectivity index (χ4n) is 3.89. The molecule has 33 heavy (non-hydrogen) atoms. The van der Waals surface area contributed by atoms with Crippen molar-refractivity contribution in [1.29, 1.82) is 0 Å². The van der Waals surface area contributed by atoms with Crippen molar-refractivity contribution >= 4 is 27.7 Å². The third-order valence-electron chi connectivity index (χ3n) is 5.74. The molecule has 1 saturated carbocycles. The number of likely N-dealkylation sites (N-methyl/N-ethyl adjacent to an activating group) is 1. The second kappa shape index (κ2) is 10.3. The Labute approximate surface area is 193 Å². The minimum atomic E-state index is -3.92. The van der Waals surface area contributed by atoms with Crippen LogP contribution in [-0.2, 0) is 14.8 Å². The van der Waals surface area contributed by atoms with Crippen LogP contribution in [0.3, 0.4) is 0 Å². The van der Waals surface area contributed by atoms with Crippen LogP contribution in [-0.4, -0.2) is 57.0 Å². The maximum Gasteiger partial charge on any atom is 0.254 e. The van der Waals surface area contributed by atoms with Gasteiger partial charge >= 0.3 is 0 Å². The summed E-state index contributed by atoms with van der Waals surface area (Å²) in [4.78, 5) is 26.2. The van der Waals surface area contributed by atoms with Crippen molar-refractivity contribution in [2.75, 3.05) is 26.0 Å². The predicted octanol–water partition coefficient (Wildman–Crippen LogP) is 2.56. The molecule has 180 valence electrons. The van der Waals surface area contributed by atoms with Gasteiger partial charge in [0.2, 0.25) is 15.9 Å². The lowest BCUT2D eigenvalue weighted by Crippen LogP contribution is -2.41. The van der Waals surface area contributed by atoms with Crippen molar-refractivity contribution in [3.63, 3.8) is 0 Å². The zero-order valence-electron chi connectivity index (χ0n) is 19.3. The lowest BCUT2D eigenvalue weighted by Gasteiger charge is -2.29. The minimum absolute atomic E-state index is 0.107. The van der Waals surface area contributed by atoms with Crippen LogP contribution in [0.4, 0.5) is 5.82 Å². The first-order valence-corrected chi connectivity index (χ1v) is 12.3. The van der Waals surface area contributed by atoms with Crippen LogP contribution in [0, 0.1) is 12.8 Å². The largest absolute Gasteiger partial charge is 0.495 e. The molecule has 1 aliphatic carbocycles. The van der Waals surface area contributed by atoms with E-state index in [9.17, 15) is 18.0 Å². The SMILES string of the molecule is COc1ccc(C(=O)N(C)CC(=O)Nc2cc(C)on2)cc1S(=O)(=O)N[C@H]1CCCC[C@H]1C. The van der Waals surface area contributed by atoms with Crippen molar-refractivity contribution in [3.05, 3.63) is 35.6 Å². The zero-order valence-corrected chi connectivity index (χ0v) is 20.1. The van der Waals surface area contributed by atoms with E-state index in [4.69, 9.17) is 9.26 Å². The summed E-state index contributed by atoms with van der Waals surface area (Å²) in [5.74, 6) is 0.184. The van der Waals surface area contributed by atoms with Gasteiger partial charge in [0.1, 0.15) is 16.4 Å². The van der Waals surface area contributed by atoms with Gasteiger partial charge in [-0.25, -0.2) is 13.1 Å². The second-order valence-electron chi connectivity index (χ2n) is 8.39. The van der Waals surface area contributed by atoms with E-state index in [-0.39, 0.29) is 40.5 Å². The quantitative estimate of drug-likeness (QED) is 0.596. The average molecular weight is 479 g/mol. The molecule has 2 aromatic rings. The summed E-state index contributed by atoms with van der Waals surface area (Å²) in [6.07, 6.45) is 3.78. The van der Waals surface area contributed by atoms with E-state index >= 15 is 0 Å². The van der Waals surface area contributed by atoms with Gasteiger partial charge in [-0.2, -0.15) is 0 Å². The Kier molecular flexibility index (Phi) is 7.75. The summed E-state index contributed by atoms with van der Waals surface area (Å²) >= 11 is 0. The number of methoxy groups -OCH3 is 1. The summed E-state index contributed by atoms with van der Waals surface area (Å²) in [6.45, 7) is 3.47. The second-order valence-corrected chi connectivity index (χ2v) is 10.1. The van der Waals surface area contributed by atoms with Crippen molar-refractivity contribution in [1.82, 2.24) is 14.8 Å². The average Bonchev–Trinajstić information content (AvgIpc) is 3.18. The molecule has 0 aliphatic heterocycles. The van der Waals surface area contributed by atoms with Gasteiger partial charge in [0, 0.05) is 24.7 Å². The molecule has 11 heteroatoms. The van der Waals surface area contributed by atoms with Crippen LogP contribution in [0.2, 0.25) is 0 Å². The highest BCUT2D eigenvalue weighted by Crippen LogP contribution is 2.29. The van der Waals surface area contributed by atoms with Crippen LogP contribution in [0.25, 0.3) is 0 Å². The van der Waals surface area contributed by atoms with Gasteiger partial charge in [0.25, 0.3) is 5.91 Å². The summed E-state index contributed by atoms with van der Waals surface area (Å²) in [7, 11) is -1.09. The number of nitrogens with one attached hydrogen (secondary N) is 2. The summed E-state index contributed by atoms with van der Waals surface area (Å²) in [5, 5.41) is 6.22. The third-order valence-corrected chi connectivity index (χ3v) is 7.25. The van der Waals surface area contributed by atoms with Gasteiger partial charge in [0.15, 0.2) is 5.82 Å². The summed E-state index contributed by atoms with van der Waals surface area (Å²) in [5.41, 5.74) is 0.125. The van der Waals surface area contributed by atoms with E-state index in [2.05, 4.69) is 15.2 Å². The van der Waals surface area contributed by atoms with Gasteiger partial charge in [0.05, 0.1) is 13.7 Å². The van der Waals surface area contributed by atoms with Gasteiger partial charge in [-0.1, -0.05) is 24.9 Å². The summed E-state index contributed by atoms with van der Waals surface area (Å²) in [6, 6.07) is 5.59. The Balaban J connectivity index is 1.75. The number of anilines is 1. The van der Waals surface area contributed by atoms with E-state index in [0.717, 1.165) is 25.7 Å². The molecule has 1 aromatic carbocycles. The number of hydrogen-bond acceptors (Lipinski definition) is 7. The molecule has 0 radical (unpaired) electrons. The molecule has 1 fully saturated rings. The van der Waals surface area contributed by atoms with Crippen molar-refractivity contribution in [2.24, 2.45) is 5.92 Å². The third kappa shape index (κ3) is 6.11. The van der Waals surface area contributed by atoms with E-state index in [1.54, 1.807) is 13.0 Å². The number of carbonyl (C=O) groups is 2. The summed E-state index contributed by atoms with van der Waals surface area (Å²) < 4.78 is 39.2. The highest BCUT2D eigenvalue weighted by Gasteiger charge is 2.29. The van der Waals surface area contributed by atoms with Gasteiger partial charge < -0.3 is 19.5 Å². The first-order valence-electron chi connectivity index (χ1n) is 10.8. The predicted molar refractivity (Wildman–Crippen MR) is 122 cm³/mol. The Morgan fingerprint density at radius 3 is 2.61 bits per heavy atom. The number of nitrogens with zero attached hydrogens (tertiary/aromatic N) is 2. The van der Waals surface area contributed by atoms with E-state index < -0.39 is 21.8 Å². The molecule has 2 amide bonds. The number of aryl methyl sites for hydroxylation is 1. The van der Waals surface area contributed by atoms with Gasteiger partial charge in [-0.05, 0) is 43.9 Å².